The van der Waals surface area contributed by atoms with Gasteiger partial charge in [-0.25, -0.2) is 4.98 Å². The molecule has 0 atom stereocenters. The Balaban J connectivity index is 1.83. The quantitative estimate of drug-likeness (QED) is 0.741. The van der Waals surface area contributed by atoms with Crippen molar-refractivity contribution in [1.82, 2.24) is 14.9 Å². The highest BCUT2D eigenvalue weighted by Gasteiger charge is 2.24. The maximum absolute atomic E-state index is 12.7. The molecule has 1 aromatic carbocycles. The molecule has 140 valence electrons. The predicted octanol–water partition coefficient (Wildman–Crippen LogP) is 4.09. The highest BCUT2D eigenvalue weighted by Crippen LogP contribution is 2.28. The Morgan fingerprint density at radius 3 is 2.85 bits per heavy atom. The number of nitrogens with zero attached hydrogens (tertiary/aromatic N) is 2. The molecule has 0 spiro atoms. The van der Waals surface area contributed by atoms with Crippen molar-refractivity contribution in [2.75, 3.05) is 19.8 Å². The Bertz CT molecular complexity index is 740. The molecular weight excluding hydrogens is 350 g/mol. The van der Waals surface area contributed by atoms with Gasteiger partial charge in [-0.1, -0.05) is 18.0 Å². The molecule has 26 heavy (non-hydrogen) atoms. The van der Waals surface area contributed by atoms with Crippen LogP contribution in [0.4, 0.5) is 0 Å². The number of fused-ring (bicyclic) bond motifs is 1. The Morgan fingerprint density at radius 2 is 2.08 bits per heavy atom. The molecule has 1 aliphatic heterocycles. The second-order valence-corrected chi connectivity index (χ2v) is 6.94. The molecule has 0 aliphatic carbocycles. The maximum atomic E-state index is 12.7. The molecule has 0 radical (unpaired) electrons. The van der Waals surface area contributed by atoms with Gasteiger partial charge in [0, 0.05) is 36.9 Å². The van der Waals surface area contributed by atoms with Gasteiger partial charge >= 0.3 is 0 Å². The van der Waals surface area contributed by atoms with Crippen molar-refractivity contribution in [2.45, 2.75) is 45.6 Å². The molecule has 0 bridgehead atoms. The Kier molecular flexibility index (Phi) is 6.69. The number of nitrogens with one attached hydrogen (secondary N) is 1. The number of carbonyl (C=O) groups excluding carboxylic acids is 1. The highest BCUT2D eigenvalue weighted by atomic mass is 35.5. The molecule has 1 N–H and O–H groups in total. The molecule has 3 rings (SSSR count). The number of benzene rings is 1. The molecular formula is C20H26ClN3O2. The average Bonchev–Trinajstić information content (AvgIpc) is 2.84. The van der Waals surface area contributed by atoms with E-state index in [2.05, 4.69) is 9.88 Å². The third kappa shape index (κ3) is 4.46. The molecule has 0 saturated heterocycles. The van der Waals surface area contributed by atoms with Gasteiger partial charge in [-0.2, -0.15) is 0 Å². The molecule has 1 aromatic heterocycles. The van der Waals surface area contributed by atoms with Crippen molar-refractivity contribution in [2.24, 2.45) is 0 Å². The van der Waals surface area contributed by atoms with Gasteiger partial charge in [0.05, 0.1) is 5.69 Å². The van der Waals surface area contributed by atoms with E-state index in [1.165, 1.54) is 6.42 Å². The van der Waals surface area contributed by atoms with Gasteiger partial charge in [-0.15, -0.1) is 0 Å². The largest absolute Gasteiger partial charge is 0.382 e. The fourth-order valence-electron chi connectivity index (χ4n) is 3.33. The SMILES string of the molecule is CCOCCCNC(=O)c1nc(-c2ccc(Cl)cc2)n2c1CCCCC2. The lowest BCUT2D eigenvalue weighted by molar-refractivity contribution is 0.0938. The lowest BCUT2D eigenvalue weighted by atomic mass is 10.1. The fraction of sp³-hybridized carbons (Fsp3) is 0.500. The molecule has 5 nitrogen and oxygen atoms in total. The van der Waals surface area contributed by atoms with Gasteiger partial charge < -0.3 is 14.6 Å². The third-order valence-corrected chi connectivity index (χ3v) is 4.89. The van der Waals surface area contributed by atoms with Crippen LogP contribution in [0, 0.1) is 0 Å². The number of amides is 1. The molecule has 1 amide bonds. The summed E-state index contributed by atoms with van der Waals surface area (Å²) >= 11 is 6.02. The Labute approximate surface area is 159 Å². The third-order valence-electron chi connectivity index (χ3n) is 4.64. The fourth-order valence-corrected chi connectivity index (χ4v) is 3.45. The van der Waals surface area contributed by atoms with Crippen molar-refractivity contribution in [3.63, 3.8) is 0 Å². The van der Waals surface area contributed by atoms with Crippen LogP contribution in [0.25, 0.3) is 11.4 Å². The monoisotopic (exact) mass is 375 g/mol. The van der Waals surface area contributed by atoms with Crippen LogP contribution in [0.5, 0.6) is 0 Å². The van der Waals surface area contributed by atoms with Gasteiger partial charge in [0.2, 0.25) is 0 Å². The zero-order chi connectivity index (χ0) is 18.4. The number of hydrogen-bond acceptors (Lipinski definition) is 3. The first kappa shape index (κ1) is 18.9. The first-order valence-electron chi connectivity index (χ1n) is 9.42. The number of aromatic nitrogens is 2. The van der Waals surface area contributed by atoms with Gasteiger partial charge in [0.25, 0.3) is 5.91 Å². The number of ether oxygens (including phenoxy) is 1. The van der Waals surface area contributed by atoms with Gasteiger partial charge in [-0.3, -0.25) is 4.79 Å². The summed E-state index contributed by atoms with van der Waals surface area (Å²) in [4.78, 5) is 17.4. The topological polar surface area (TPSA) is 56.1 Å². The zero-order valence-electron chi connectivity index (χ0n) is 15.3. The van der Waals surface area contributed by atoms with E-state index in [0.29, 0.717) is 30.5 Å². The number of imidazole rings is 1. The first-order valence-corrected chi connectivity index (χ1v) is 9.79. The highest BCUT2D eigenvalue weighted by molar-refractivity contribution is 6.30. The summed E-state index contributed by atoms with van der Waals surface area (Å²) in [5, 5.41) is 3.68. The minimum absolute atomic E-state index is 0.0904. The van der Waals surface area contributed by atoms with Crippen molar-refractivity contribution in [3.05, 3.63) is 40.7 Å². The molecule has 0 saturated carbocycles. The van der Waals surface area contributed by atoms with E-state index in [1.807, 2.05) is 31.2 Å². The minimum Gasteiger partial charge on any atom is -0.382 e. The van der Waals surface area contributed by atoms with Crippen LogP contribution in [0.1, 0.15) is 48.8 Å². The summed E-state index contributed by atoms with van der Waals surface area (Å²) in [7, 11) is 0. The van der Waals surface area contributed by atoms with Crippen LogP contribution in [-0.2, 0) is 17.7 Å². The summed E-state index contributed by atoms with van der Waals surface area (Å²) in [5.41, 5.74) is 2.61. The van der Waals surface area contributed by atoms with Crippen LogP contribution in [0.15, 0.2) is 24.3 Å². The van der Waals surface area contributed by atoms with Gasteiger partial charge in [0.15, 0.2) is 0 Å². The number of rotatable bonds is 7. The molecule has 2 heterocycles. The van der Waals surface area contributed by atoms with Crippen LogP contribution in [0.3, 0.4) is 0 Å². The minimum atomic E-state index is -0.0904. The van der Waals surface area contributed by atoms with Crippen LogP contribution < -0.4 is 5.32 Å². The smallest absolute Gasteiger partial charge is 0.271 e. The number of halogens is 1. The second kappa shape index (κ2) is 9.19. The molecule has 6 heteroatoms. The average molecular weight is 376 g/mol. The van der Waals surface area contributed by atoms with E-state index in [9.17, 15) is 4.79 Å². The second-order valence-electron chi connectivity index (χ2n) is 6.51. The summed E-state index contributed by atoms with van der Waals surface area (Å²) in [6.45, 7) is 4.83. The van der Waals surface area contributed by atoms with Crippen LogP contribution >= 0.6 is 11.6 Å². The molecule has 0 fully saturated rings. The normalized spacial score (nSPS) is 13.9. The van der Waals surface area contributed by atoms with Crippen LogP contribution in [-0.4, -0.2) is 35.2 Å². The van der Waals surface area contributed by atoms with Crippen molar-refractivity contribution in [1.29, 1.82) is 0 Å². The molecule has 2 aromatic rings. The summed E-state index contributed by atoms with van der Waals surface area (Å²) in [6.07, 6.45) is 5.08. The van der Waals surface area contributed by atoms with E-state index in [1.54, 1.807) is 0 Å². The molecule has 0 unspecified atom stereocenters. The lowest BCUT2D eigenvalue weighted by Crippen LogP contribution is -2.26. The van der Waals surface area contributed by atoms with E-state index < -0.39 is 0 Å². The Hall–Kier alpha value is -1.85. The summed E-state index contributed by atoms with van der Waals surface area (Å²) in [6, 6.07) is 7.66. The Morgan fingerprint density at radius 1 is 1.27 bits per heavy atom. The zero-order valence-corrected chi connectivity index (χ0v) is 16.0. The predicted molar refractivity (Wildman–Crippen MR) is 104 cm³/mol. The van der Waals surface area contributed by atoms with Gasteiger partial charge in [-0.05, 0) is 56.9 Å². The summed E-state index contributed by atoms with van der Waals surface area (Å²) < 4.78 is 7.53. The standard InChI is InChI=1S/C20H26ClN3O2/c1-2-26-14-6-12-22-20(25)18-17-7-4-3-5-13-24(17)19(23-18)15-8-10-16(21)11-9-15/h8-11H,2-7,12-14H2,1H3,(H,22,25). The van der Waals surface area contributed by atoms with E-state index in [4.69, 9.17) is 21.3 Å². The van der Waals surface area contributed by atoms with E-state index >= 15 is 0 Å². The van der Waals surface area contributed by atoms with Gasteiger partial charge in [0.1, 0.15) is 11.5 Å². The molecule has 1 aliphatic rings. The number of hydrogen-bond donors (Lipinski definition) is 1. The van der Waals surface area contributed by atoms with E-state index in [-0.39, 0.29) is 5.91 Å². The number of carbonyl (C=O) groups is 1. The lowest BCUT2D eigenvalue weighted by Gasteiger charge is -2.09. The van der Waals surface area contributed by atoms with Crippen molar-refractivity contribution < 1.29 is 9.53 Å². The first-order chi connectivity index (χ1) is 12.7. The van der Waals surface area contributed by atoms with Crippen molar-refractivity contribution in [3.8, 4) is 11.4 Å². The maximum Gasteiger partial charge on any atom is 0.271 e. The van der Waals surface area contributed by atoms with Crippen LogP contribution in [0.2, 0.25) is 5.02 Å². The van der Waals surface area contributed by atoms with Crippen molar-refractivity contribution >= 4 is 17.5 Å². The summed E-state index contributed by atoms with van der Waals surface area (Å²) in [5.74, 6) is 0.769. The van der Waals surface area contributed by atoms with E-state index in [0.717, 1.165) is 49.3 Å².